The van der Waals surface area contributed by atoms with Gasteiger partial charge in [0.05, 0.1) is 16.9 Å². The van der Waals surface area contributed by atoms with Crippen LogP contribution in [0.3, 0.4) is 0 Å². The maximum absolute atomic E-state index is 14.8. The Balaban J connectivity index is 1.41. The van der Waals surface area contributed by atoms with Crippen molar-refractivity contribution in [1.29, 1.82) is 0 Å². The van der Waals surface area contributed by atoms with Crippen molar-refractivity contribution >= 4 is 40.2 Å². The number of hydrogen-bond acceptors (Lipinski definition) is 5. The molecule has 0 bridgehead atoms. The molecule has 1 saturated heterocycles. The van der Waals surface area contributed by atoms with E-state index < -0.39 is 11.7 Å². The Kier molecular flexibility index (Phi) is 5.98. The van der Waals surface area contributed by atoms with Gasteiger partial charge in [0.15, 0.2) is 0 Å². The summed E-state index contributed by atoms with van der Waals surface area (Å²) >= 11 is 1.45. The zero-order valence-electron chi connectivity index (χ0n) is 18.1. The summed E-state index contributed by atoms with van der Waals surface area (Å²) in [6.45, 7) is 3.77. The van der Waals surface area contributed by atoms with Gasteiger partial charge in [0.25, 0.3) is 5.91 Å². The first-order valence-electron chi connectivity index (χ1n) is 10.8. The van der Waals surface area contributed by atoms with Crippen molar-refractivity contribution in [1.82, 2.24) is 9.71 Å². The molecule has 4 aromatic rings. The van der Waals surface area contributed by atoms with E-state index in [4.69, 9.17) is 0 Å². The quantitative estimate of drug-likeness (QED) is 0.369. The van der Waals surface area contributed by atoms with Crippen LogP contribution in [0.5, 0.6) is 0 Å². The van der Waals surface area contributed by atoms with Crippen LogP contribution in [0.25, 0.3) is 22.0 Å². The number of pyridine rings is 1. The number of nitrogens with one attached hydrogen (secondary N) is 2. The zero-order chi connectivity index (χ0) is 22.8. The van der Waals surface area contributed by atoms with Crippen molar-refractivity contribution in [3.63, 3.8) is 0 Å². The van der Waals surface area contributed by atoms with Crippen LogP contribution >= 0.6 is 12.1 Å². The molecular weight excluding hydrogens is 435 g/mol. The van der Waals surface area contributed by atoms with Crippen molar-refractivity contribution in [2.75, 3.05) is 22.7 Å². The van der Waals surface area contributed by atoms with Crippen LogP contribution in [0.15, 0.2) is 72.9 Å². The van der Waals surface area contributed by atoms with E-state index >= 15 is 0 Å². The van der Waals surface area contributed by atoms with Gasteiger partial charge in [-0.05, 0) is 60.7 Å². The Morgan fingerprint density at radius 1 is 1.12 bits per heavy atom. The lowest BCUT2D eigenvalue weighted by Gasteiger charge is -2.27. The highest BCUT2D eigenvalue weighted by Crippen LogP contribution is 2.31. The van der Waals surface area contributed by atoms with E-state index in [0.717, 1.165) is 52.8 Å². The van der Waals surface area contributed by atoms with Gasteiger partial charge in [0, 0.05) is 48.1 Å². The zero-order valence-corrected chi connectivity index (χ0v) is 19.0. The Labute approximate surface area is 196 Å². The third kappa shape index (κ3) is 4.42. The third-order valence-electron chi connectivity index (χ3n) is 5.72. The first-order valence-corrected chi connectivity index (χ1v) is 11.6. The van der Waals surface area contributed by atoms with Crippen molar-refractivity contribution in [2.24, 2.45) is 0 Å². The minimum Gasteiger partial charge on any atom is -0.322 e. The summed E-state index contributed by atoms with van der Waals surface area (Å²) < 4.78 is 20.0. The van der Waals surface area contributed by atoms with E-state index in [0.29, 0.717) is 5.69 Å². The highest BCUT2D eigenvalue weighted by molar-refractivity contribution is 7.98. The first-order chi connectivity index (χ1) is 16.1. The van der Waals surface area contributed by atoms with Gasteiger partial charge in [-0.25, -0.2) is 9.11 Å². The maximum atomic E-state index is 14.8. The highest BCUT2D eigenvalue weighted by atomic mass is 32.2. The topological polar surface area (TPSA) is 57.3 Å². The molecule has 0 unspecified atom stereocenters. The van der Waals surface area contributed by atoms with Gasteiger partial charge in [-0.1, -0.05) is 30.3 Å². The van der Waals surface area contributed by atoms with Gasteiger partial charge in [0.1, 0.15) is 5.82 Å². The number of hydrogen-bond donors (Lipinski definition) is 2. The maximum Gasteiger partial charge on any atom is 0.258 e. The Morgan fingerprint density at radius 3 is 2.82 bits per heavy atom. The Bertz CT molecular complexity index is 1330. The number of halogens is 1. The van der Waals surface area contributed by atoms with E-state index in [9.17, 15) is 9.18 Å². The third-order valence-corrected chi connectivity index (χ3v) is 6.67. The van der Waals surface area contributed by atoms with Crippen molar-refractivity contribution in [2.45, 2.75) is 13.3 Å². The van der Waals surface area contributed by atoms with Gasteiger partial charge in [-0.15, -0.1) is 0 Å². The molecule has 1 aromatic heterocycles. The molecule has 0 radical (unpaired) electrons. The van der Waals surface area contributed by atoms with Crippen molar-refractivity contribution < 1.29 is 9.18 Å². The summed E-state index contributed by atoms with van der Waals surface area (Å²) in [7, 11) is 0. The number of aromatic nitrogens is 1. The molecule has 2 heterocycles. The number of anilines is 2. The second-order valence-electron chi connectivity index (χ2n) is 7.97. The molecule has 1 aliphatic rings. The number of carbonyl (C=O) groups excluding carboxylic acids is 1. The molecule has 1 fully saturated rings. The molecule has 0 saturated carbocycles. The minimum atomic E-state index is -0.542. The van der Waals surface area contributed by atoms with Crippen LogP contribution in [-0.2, 0) is 0 Å². The lowest BCUT2D eigenvalue weighted by Crippen LogP contribution is -2.30. The lowest BCUT2D eigenvalue weighted by molar-refractivity contribution is 0.102. The molecule has 1 amide bonds. The van der Waals surface area contributed by atoms with Crippen LogP contribution in [0, 0.1) is 12.7 Å². The molecule has 1 aliphatic heterocycles. The van der Waals surface area contributed by atoms with Crippen LogP contribution in [0.4, 0.5) is 15.8 Å². The van der Waals surface area contributed by atoms with E-state index in [-0.39, 0.29) is 5.56 Å². The first kappa shape index (κ1) is 21.4. The van der Waals surface area contributed by atoms with E-state index in [2.05, 4.69) is 15.0 Å². The fourth-order valence-corrected chi connectivity index (χ4v) is 4.81. The number of carbonyl (C=O) groups is 1. The van der Waals surface area contributed by atoms with Crippen molar-refractivity contribution in [3.05, 3.63) is 89.9 Å². The predicted molar refractivity (Wildman–Crippen MR) is 134 cm³/mol. The van der Waals surface area contributed by atoms with E-state index in [1.165, 1.54) is 24.3 Å². The number of rotatable bonds is 4. The van der Waals surface area contributed by atoms with Gasteiger partial charge in [0.2, 0.25) is 0 Å². The fraction of sp³-hybridized carbons (Fsp3) is 0.154. The number of aryl methyl sites for hydroxylation is 1. The molecule has 7 heteroatoms. The molecule has 0 aliphatic carbocycles. The summed E-state index contributed by atoms with van der Waals surface area (Å²) in [6.07, 6.45) is 2.77. The van der Waals surface area contributed by atoms with Crippen molar-refractivity contribution in [3.8, 4) is 11.3 Å². The second kappa shape index (κ2) is 9.21. The SMILES string of the molecule is Cc1ccc(NC(=O)c2ccc(N3CCCNS3)cc2F)cc1-c1nccc2ccccc12. The van der Waals surface area contributed by atoms with E-state index in [1.54, 1.807) is 12.3 Å². The van der Waals surface area contributed by atoms with Gasteiger partial charge in [-0.3, -0.25) is 9.78 Å². The summed E-state index contributed by atoms with van der Waals surface area (Å²) in [5.41, 5.74) is 4.16. The fourth-order valence-electron chi connectivity index (χ4n) is 3.98. The van der Waals surface area contributed by atoms with Gasteiger partial charge >= 0.3 is 0 Å². The predicted octanol–water partition coefficient (Wildman–Crippen LogP) is 5.96. The molecular formula is C26H23FN4OS. The summed E-state index contributed by atoms with van der Waals surface area (Å²) in [6, 6.07) is 20.4. The van der Waals surface area contributed by atoms with E-state index in [1.807, 2.05) is 59.8 Å². The smallest absolute Gasteiger partial charge is 0.258 e. The monoisotopic (exact) mass is 458 g/mol. The number of nitrogens with zero attached hydrogens (tertiary/aromatic N) is 2. The molecule has 2 N–H and O–H groups in total. The summed E-state index contributed by atoms with van der Waals surface area (Å²) in [4.78, 5) is 17.5. The molecule has 0 atom stereocenters. The molecule has 0 spiro atoms. The van der Waals surface area contributed by atoms with Crippen LogP contribution in [0.1, 0.15) is 22.3 Å². The Morgan fingerprint density at radius 2 is 2.00 bits per heavy atom. The number of amides is 1. The average molecular weight is 459 g/mol. The van der Waals surface area contributed by atoms with Gasteiger partial charge < -0.3 is 9.62 Å². The van der Waals surface area contributed by atoms with Crippen LogP contribution in [-0.4, -0.2) is 24.0 Å². The van der Waals surface area contributed by atoms with Crippen LogP contribution < -0.4 is 14.3 Å². The summed E-state index contributed by atoms with van der Waals surface area (Å²) in [5, 5.41) is 4.98. The average Bonchev–Trinajstić information content (AvgIpc) is 2.85. The molecule has 3 aromatic carbocycles. The lowest BCUT2D eigenvalue weighted by atomic mass is 9.99. The highest BCUT2D eigenvalue weighted by Gasteiger charge is 2.18. The standard InChI is InChI=1S/C26H23FN4OS/c1-17-7-8-19(15-23(17)25-21-6-3-2-5-18(21)11-13-28-25)30-26(32)22-10-9-20(16-24(22)27)31-14-4-12-29-33-31/h2-3,5-11,13,15-16,29H,4,12,14H2,1H3,(H,30,32). The minimum absolute atomic E-state index is 0.0131. The second-order valence-corrected chi connectivity index (χ2v) is 8.88. The number of fused-ring (bicyclic) bond motifs is 1. The van der Waals surface area contributed by atoms with Crippen LogP contribution in [0.2, 0.25) is 0 Å². The number of benzene rings is 3. The molecule has 166 valence electrons. The largest absolute Gasteiger partial charge is 0.322 e. The Hall–Kier alpha value is -3.42. The molecule has 5 rings (SSSR count). The van der Waals surface area contributed by atoms with Gasteiger partial charge in [-0.2, -0.15) is 0 Å². The summed E-state index contributed by atoms with van der Waals surface area (Å²) in [5.74, 6) is -1.02. The normalized spacial score (nSPS) is 13.8. The molecule has 33 heavy (non-hydrogen) atoms. The molecule has 5 nitrogen and oxygen atoms in total.